The Kier molecular flexibility index (Phi) is 4.11. The van der Waals surface area contributed by atoms with E-state index in [-0.39, 0.29) is 24.0 Å². The topological polar surface area (TPSA) is 85.3 Å². The van der Waals surface area contributed by atoms with Gasteiger partial charge in [0.15, 0.2) is 5.82 Å². The molecule has 27 heavy (non-hydrogen) atoms. The first-order chi connectivity index (χ1) is 13.0. The fourth-order valence-corrected chi connectivity index (χ4v) is 2.75. The van der Waals surface area contributed by atoms with E-state index in [2.05, 4.69) is 20.4 Å². The van der Waals surface area contributed by atoms with E-state index in [1.165, 1.54) is 37.5 Å². The fourth-order valence-electron chi connectivity index (χ4n) is 2.75. The molecule has 1 aromatic carbocycles. The third kappa shape index (κ3) is 3.14. The maximum atomic E-state index is 13.8. The molecule has 0 atom stereocenters. The second-order valence-electron chi connectivity index (χ2n) is 5.76. The zero-order chi connectivity index (χ0) is 19.0. The highest BCUT2D eigenvalue weighted by molar-refractivity contribution is 5.89. The summed E-state index contributed by atoms with van der Waals surface area (Å²) in [6.07, 6.45) is 1.43. The van der Waals surface area contributed by atoms with Crippen molar-refractivity contribution in [1.29, 1.82) is 0 Å². The van der Waals surface area contributed by atoms with Gasteiger partial charge in [0.1, 0.15) is 17.3 Å². The Labute approximate surface area is 151 Å². The Morgan fingerprint density at radius 1 is 1.11 bits per heavy atom. The molecule has 0 saturated heterocycles. The van der Waals surface area contributed by atoms with Crippen LogP contribution in [0.5, 0.6) is 0 Å². The summed E-state index contributed by atoms with van der Waals surface area (Å²) in [5, 5.41) is 6.19. The van der Waals surface area contributed by atoms with Crippen molar-refractivity contribution in [1.82, 2.24) is 24.8 Å². The summed E-state index contributed by atoms with van der Waals surface area (Å²) in [6, 6.07) is 8.66. The molecule has 0 fully saturated rings. The number of carbonyl (C=O) groups excluding carboxylic acids is 1. The number of nitrogens with one attached hydrogen (secondary N) is 1. The second-order valence-corrected chi connectivity index (χ2v) is 5.76. The third-order valence-corrected chi connectivity index (χ3v) is 4.01. The van der Waals surface area contributed by atoms with Crippen LogP contribution in [0.1, 0.15) is 22.2 Å². The molecule has 4 rings (SSSR count). The number of carbonyl (C=O) groups is 1. The standard InChI is InChI=1S/C18H13F2N5O2/c1-21-17(26)18-22-14(24-27-18)8-13-16(10-2-4-11(19)5-3-10)23-15-7-6-12(20)9-25(13)15/h2-7,9H,8H2,1H3,(H,21,26). The SMILES string of the molecule is CNC(=O)c1nc(Cc2c(-c3ccc(F)cc3)nc3ccc(F)cn23)no1. The molecular formula is C18H13F2N5O2. The van der Waals surface area contributed by atoms with Crippen LogP contribution in [0, 0.1) is 11.6 Å². The summed E-state index contributed by atoms with van der Waals surface area (Å²) in [4.78, 5) is 20.2. The monoisotopic (exact) mass is 369 g/mol. The van der Waals surface area contributed by atoms with E-state index in [1.54, 1.807) is 16.5 Å². The predicted molar refractivity (Wildman–Crippen MR) is 91.0 cm³/mol. The van der Waals surface area contributed by atoms with Crippen LogP contribution in [0.15, 0.2) is 47.1 Å². The first kappa shape index (κ1) is 16.8. The van der Waals surface area contributed by atoms with Gasteiger partial charge in [-0.05, 0) is 36.4 Å². The largest absolute Gasteiger partial charge is 0.351 e. The van der Waals surface area contributed by atoms with Gasteiger partial charge >= 0.3 is 11.8 Å². The zero-order valence-corrected chi connectivity index (χ0v) is 14.1. The fraction of sp³-hybridized carbons (Fsp3) is 0.111. The molecule has 0 saturated carbocycles. The number of halogens is 2. The van der Waals surface area contributed by atoms with E-state index >= 15 is 0 Å². The Hall–Kier alpha value is -3.62. The number of nitrogens with zero attached hydrogens (tertiary/aromatic N) is 4. The normalized spacial score (nSPS) is 11.1. The van der Waals surface area contributed by atoms with Gasteiger partial charge < -0.3 is 14.2 Å². The minimum absolute atomic E-state index is 0.137. The molecular weight excluding hydrogens is 356 g/mol. The van der Waals surface area contributed by atoms with Gasteiger partial charge in [0.05, 0.1) is 17.8 Å². The highest BCUT2D eigenvalue weighted by Crippen LogP contribution is 2.26. The highest BCUT2D eigenvalue weighted by atomic mass is 19.1. The lowest BCUT2D eigenvalue weighted by Crippen LogP contribution is -2.18. The molecule has 0 unspecified atom stereocenters. The molecule has 0 aliphatic heterocycles. The van der Waals surface area contributed by atoms with E-state index in [0.29, 0.717) is 22.6 Å². The van der Waals surface area contributed by atoms with Crippen LogP contribution in [-0.2, 0) is 6.42 Å². The molecule has 0 spiro atoms. The van der Waals surface area contributed by atoms with Gasteiger partial charge in [-0.2, -0.15) is 4.98 Å². The van der Waals surface area contributed by atoms with Gasteiger partial charge in [-0.15, -0.1) is 0 Å². The van der Waals surface area contributed by atoms with Crippen LogP contribution in [0.2, 0.25) is 0 Å². The maximum absolute atomic E-state index is 13.8. The highest BCUT2D eigenvalue weighted by Gasteiger charge is 2.19. The maximum Gasteiger partial charge on any atom is 0.315 e. The Morgan fingerprint density at radius 2 is 1.85 bits per heavy atom. The first-order valence-corrected chi connectivity index (χ1v) is 8.02. The Balaban J connectivity index is 1.83. The number of hydrogen-bond acceptors (Lipinski definition) is 5. The average Bonchev–Trinajstić information content (AvgIpc) is 3.27. The van der Waals surface area contributed by atoms with Gasteiger partial charge in [0.2, 0.25) is 0 Å². The smallest absolute Gasteiger partial charge is 0.315 e. The van der Waals surface area contributed by atoms with E-state index in [0.717, 1.165) is 0 Å². The van der Waals surface area contributed by atoms with Crippen molar-refractivity contribution in [3.63, 3.8) is 0 Å². The lowest BCUT2D eigenvalue weighted by atomic mass is 10.1. The number of rotatable bonds is 4. The van der Waals surface area contributed by atoms with Crippen LogP contribution < -0.4 is 5.32 Å². The number of benzene rings is 1. The minimum atomic E-state index is -0.503. The van der Waals surface area contributed by atoms with Crippen molar-refractivity contribution >= 4 is 11.6 Å². The lowest BCUT2D eigenvalue weighted by Gasteiger charge is -2.03. The summed E-state index contributed by atoms with van der Waals surface area (Å²) in [6.45, 7) is 0. The molecule has 9 heteroatoms. The van der Waals surface area contributed by atoms with Crippen molar-refractivity contribution in [3.8, 4) is 11.3 Å². The summed E-state index contributed by atoms with van der Waals surface area (Å²) in [7, 11) is 1.45. The van der Waals surface area contributed by atoms with Crippen LogP contribution in [0.3, 0.4) is 0 Å². The van der Waals surface area contributed by atoms with E-state index in [9.17, 15) is 13.6 Å². The van der Waals surface area contributed by atoms with Gasteiger partial charge in [0.25, 0.3) is 0 Å². The Morgan fingerprint density at radius 3 is 2.59 bits per heavy atom. The van der Waals surface area contributed by atoms with E-state index < -0.39 is 11.7 Å². The minimum Gasteiger partial charge on any atom is -0.351 e. The van der Waals surface area contributed by atoms with Gasteiger partial charge in [-0.1, -0.05) is 5.16 Å². The molecule has 1 amide bonds. The van der Waals surface area contributed by atoms with Crippen LogP contribution >= 0.6 is 0 Å². The summed E-state index contributed by atoms with van der Waals surface area (Å²) < 4.78 is 33.6. The van der Waals surface area contributed by atoms with Gasteiger partial charge in [-0.25, -0.2) is 13.8 Å². The number of imidazole rings is 1. The van der Waals surface area contributed by atoms with E-state index in [4.69, 9.17) is 4.52 Å². The summed E-state index contributed by atoms with van der Waals surface area (Å²) in [5.41, 5.74) is 2.29. The van der Waals surface area contributed by atoms with Crippen molar-refractivity contribution in [2.24, 2.45) is 0 Å². The van der Waals surface area contributed by atoms with Crippen molar-refractivity contribution in [3.05, 3.63) is 71.6 Å². The zero-order valence-electron chi connectivity index (χ0n) is 14.1. The molecule has 136 valence electrons. The molecule has 0 aliphatic rings. The molecule has 4 aromatic rings. The number of amides is 1. The summed E-state index contributed by atoms with van der Waals surface area (Å²) >= 11 is 0. The molecule has 0 radical (unpaired) electrons. The molecule has 0 bridgehead atoms. The molecule has 7 nitrogen and oxygen atoms in total. The van der Waals surface area contributed by atoms with Crippen molar-refractivity contribution in [2.45, 2.75) is 6.42 Å². The van der Waals surface area contributed by atoms with Gasteiger partial charge in [-0.3, -0.25) is 4.79 Å². The molecule has 0 aliphatic carbocycles. The van der Waals surface area contributed by atoms with Crippen molar-refractivity contribution in [2.75, 3.05) is 7.05 Å². The first-order valence-electron chi connectivity index (χ1n) is 8.02. The van der Waals surface area contributed by atoms with Crippen LogP contribution in [0.25, 0.3) is 16.9 Å². The molecule has 3 aromatic heterocycles. The van der Waals surface area contributed by atoms with Gasteiger partial charge in [0, 0.05) is 18.8 Å². The van der Waals surface area contributed by atoms with Crippen molar-refractivity contribution < 1.29 is 18.1 Å². The quantitative estimate of drug-likeness (QED) is 0.598. The average molecular weight is 369 g/mol. The number of fused-ring (bicyclic) bond motifs is 1. The number of aromatic nitrogens is 4. The molecule has 3 heterocycles. The second kappa shape index (κ2) is 6.60. The third-order valence-electron chi connectivity index (χ3n) is 4.01. The lowest BCUT2D eigenvalue weighted by molar-refractivity contribution is 0.0919. The number of pyridine rings is 1. The number of hydrogen-bond donors (Lipinski definition) is 1. The predicted octanol–water partition coefficient (Wildman–Crippen LogP) is 2.61. The summed E-state index contributed by atoms with van der Waals surface area (Å²) in [5.74, 6) is -1.25. The Bertz CT molecular complexity index is 1130. The van der Waals surface area contributed by atoms with E-state index in [1.807, 2.05) is 0 Å². The van der Waals surface area contributed by atoms with Crippen LogP contribution in [-0.4, -0.2) is 32.5 Å². The molecule has 1 N–H and O–H groups in total. The van der Waals surface area contributed by atoms with Crippen LogP contribution in [0.4, 0.5) is 8.78 Å².